The van der Waals surface area contributed by atoms with Crippen molar-refractivity contribution in [3.63, 3.8) is 0 Å². The summed E-state index contributed by atoms with van der Waals surface area (Å²) < 4.78 is 5.54. The third-order valence-electron chi connectivity index (χ3n) is 4.37. The van der Waals surface area contributed by atoms with Crippen LogP contribution in [0.1, 0.15) is 38.3 Å². The van der Waals surface area contributed by atoms with Crippen LogP contribution in [0.5, 0.6) is 5.75 Å². The molecule has 0 atom stereocenters. The van der Waals surface area contributed by atoms with Gasteiger partial charge in [0.15, 0.2) is 5.11 Å². The van der Waals surface area contributed by atoms with Crippen molar-refractivity contribution in [3.8, 4) is 5.75 Å². The van der Waals surface area contributed by atoms with Gasteiger partial charge in [0.2, 0.25) is 0 Å². The molecule has 3 rings (SSSR count). The fourth-order valence-electron chi connectivity index (χ4n) is 3.28. The van der Waals surface area contributed by atoms with Crippen molar-refractivity contribution in [1.82, 2.24) is 10.3 Å². The predicted molar refractivity (Wildman–Crippen MR) is 101 cm³/mol. The van der Waals surface area contributed by atoms with Gasteiger partial charge in [-0.25, -0.2) is 0 Å². The molecule has 0 bridgehead atoms. The molecule has 2 aromatic rings. The number of rotatable bonds is 5. The SMILES string of the molecule is CCOc1cccc(NC(=S)NC2(c3ccccn3)CCCC2)c1. The van der Waals surface area contributed by atoms with E-state index in [1.165, 1.54) is 12.8 Å². The van der Waals surface area contributed by atoms with E-state index in [1.807, 2.05) is 49.5 Å². The summed E-state index contributed by atoms with van der Waals surface area (Å²) in [7, 11) is 0. The summed E-state index contributed by atoms with van der Waals surface area (Å²) in [6.45, 7) is 2.62. The molecular weight excluding hydrogens is 318 g/mol. The van der Waals surface area contributed by atoms with Crippen LogP contribution in [0.2, 0.25) is 0 Å². The zero-order valence-corrected chi connectivity index (χ0v) is 14.7. The molecule has 0 spiro atoms. The van der Waals surface area contributed by atoms with Gasteiger partial charge in [-0.2, -0.15) is 0 Å². The van der Waals surface area contributed by atoms with Gasteiger partial charge in [-0.3, -0.25) is 4.98 Å². The quantitative estimate of drug-likeness (QED) is 0.797. The summed E-state index contributed by atoms with van der Waals surface area (Å²) >= 11 is 5.56. The first kappa shape index (κ1) is 16.7. The van der Waals surface area contributed by atoms with Crippen molar-refractivity contribution in [2.45, 2.75) is 38.1 Å². The van der Waals surface area contributed by atoms with Crippen molar-refractivity contribution >= 4 is 23.0 Å². The van der Waals surface area contributed by atoms with Crippen molar-refractivity contribution in [2.75, 3.05) is 11.9 Å². The highest BCUT2D eigenvalue weighted by atomic mass is 32.1. The smallest absolute Gasteiger partial charge is 0.171 e. The van der Waals surface area contributed by atoms with Crippen LogP contribution in [0.3, 0.4) is 0 Å². The van der Waals surface area contributed by atoms with Crippen molar-refractivity contribution in [2.24, 2.45) is 0 Å². The Morgan fingerprint density at radius 3 is 2.75 bits per heavy atom. The standard InChI is InChI=1S/C19H23N3OS/c1-2-23-16-9-7-8-15(14-16)21-18(24)22-19(11-4-5-12-19)17-10-3-6-13-20-17/h3,6-10,13-14H,2,4-5,11-12H2,1H3,(H2,21,22,24). The lowest BCUT2D eigenvalue weighted by atomic mass is 9.93. The Morgan fingerprint density at radius 2 is 2.04 bits per heavy atom. The van der Waals surface area contributed by atoms with Gasteiger partial charge in [0.1, 0.15) is 5.75 Å². The zero-order chi connectivity index (χ0) is 16.8. The molecule has 0 aliphatic heterocycles. The van der Waals surface area contributed by atoms with Crippen LogP contribution in [-0.4, -0.2) is 16.7 Å². The molecule has 0 amide bonds. The molecule has 2 N–H and O–H groups in total. The minimum atomic E-state index is -0.164. The van der Waals surface area contributed by atoms with E-state index in [0.29, 0.717) is 11.7 Å². The van der Waals surface area contributed by atoms with Crippen molar-refractivity contribution in [3.05, 3.63) is 54.4 Å². The summed E-state index contributed by atoms with van der Waals surface area (Å²) in [4.78, 5) is 4.56. The van der Waals surface area contributed by atoms with Crippen molar-refractivity contribution in [1.29, 1.82) is 0 Å². The van der Waals surface area contributed by atoms with Crippen molar-refractivity contribution < 1.29 is 4.74 Å². The van der Waals surface area contributed by atoms with Gasteiger partial charge in [0.05, 0.1) is 17.8 Å². The fraction of sp³-hybridized carbons (Fsp3) is 0.368. The highest BCUT2D eigenvalue weighted by Gasteiger charge is 2.37. The molecule has 1 aliphatic carbocycles. The largest absolute Gasteiger partial charge is 0.494 e. The molecule has 4 nitrogen and oxygen atoms in total. The van der Waals surface area contributed by atoms with Crippen LogP contribution < -0.4 is 15.4 Å². The molecule has 1 fully saturated rings. The average molecular weight is 341 g/mol. The van der Waals surface area contributed by atoms with Crippen LogP contribution in [-0.2, 0) is 5.54 Å². The van der Waals surface area contributed by atoms with Crippen LogP contribution >= 0.6 is 12.2 Å². The van der Waals surface area contributed by atoms with E-state index < -0.39 is 0 Å². The molecule has 1 aliphatic rings. The first-order valence-corrected chi connectivity index (χ1v) is 8.86. The third kappa shape index (κ3) is 3.85. The summed E-state index contributed by atoms with van der Waals surface area (Å²) in [5, 5.41) is 7.42. The van der Waals surface area contributed by atoms with E-state index in [0.717, 1.165) is 30.0 Å². The van der Waals surface area contributed by atoms with E-state index in [1.54, 1.807) is 0 Å². The lowest BCUT2D eigenvalue weighted by Crippen LogP contribution is -2.46. The first-order valence-electron chi connectivity index (χ1n) is 8.45. The van der Waals surface area contributed by atoms with Gasteiger partial charge >= 0.3 is 0 Å². The Hall–Kier alpha value is -2.14. The number of nitrogens with one attached hydrogen (secondary N) is 2. The van der Waals surface area contributed by atoms with E-state index in [9.17, 15) is 0 Å². The lowest BCUT2D eigenvalue weighted by molar-refractivity contribution is 0.340. The number of nitrogens with zero attached hydrogens (tertiary/aromatic N) is 1. The van der Waals surface area contributed by atoms with E-state index in [2.05, 4.69) is 21.7 Å². The summed E-state index contributed by atoms with van der Waals surface area (Å²) in [5.74, 6) is 0.839. The monoisotopic (exact) mass is 341 g/mol. The van der Waals surface area contributed by atoms with E-state index in [4.69, 9.17) is 17.0 Å². The predicted octanol–water partition coefficient (Wildman–Crippen LogP) is 4.24. The maximum Gasteiger partial charge on any atom is 0.171 e. The molecule has 24 heavy (non-hydrogen) atoms. The average Bonchev–Trinajstić information content (AvgIpc) is 3.06. The Morgan fingerprint density at radius 1 is 1.21 bits per heavy atom. The summed E-state index contributed by atoms with van der Waals surface area (Å²) in [6, 6.07) is 13.9. The fourth-order valence-corrected chi connectivity index (χ4v) is 3.59. The number of ether oxygens (including phenoxy) is 1. The molecule has 1 aromatic heterocycles. The first-order chi connectivity index (χ1) is 11.7. The number of anilines is 1. The van der Waals surface area contributed by atoms with Crippen LogP contribution in [0.15, 0.2) is 48.7 Å². The van der Waals surface area contributed by atoms with Crippen LogP contribution in [0, 0.1) is 0 Å². The topological polar surface area (TPSA) is 46.2 Å². The molecule has 1 heterocycles. The molecule has 5 heteroatoms. The van der Waals surface area contributed by atoms with E-state index >= 15 is 0 Å². The Balaban J connectivity index is 1.72. The zero-order valence-electron chi connectivity index (χ0n) is 13.9. The second kappa shape index (κ2) is 7.62. The third-order valence-corrected chi connectivity index (χ3v) is 4.57. The number of benzene rings is 1. The Bertz CT molecular complexity index is 684. The molecular formula is C19H23N3OS. The van der Waals surface area contributed by atoms with Gasteiger partial charge in [-0.15, -0.1) is 0 Å². The molecule has 0 saturated heterocycles. The van der Waals surface area contributed by atoms with E-state index in [-0.39, 0.29) is 5.54 Å². The maximum absolute atomic E-state index is 5.56. The number of aromatic nitrogens is 1. The normalized spacial score (nSPS) is 15.7. The van der Waals surface area contributed by atoms with Gasteiger partial charge in [-0.1, -0.05) is 25.0 Å². The van der Waals surface area contributed by atoms with Crippen LogP contribution in [0.4, 0.5) is 5.69 Å². The second-order valence-electron chi connectivity index (χ2n) is 6.04. The molecule has 0 unspecified atom stereocenters. The number of thiocarbonyl (C=S) groups is 1. The molecule has 1 aromatic carbocycles. The lowest BCUT2D eigenvalue weighted by Gasteiger charge is -2.31. The summed E-state index contributed by atoms with van der Waals surface area (Å²) in [6.07, 6.45) is 6.31. The summed E-state index contributed by atoms with van der Waals surface area (Å²) in [5.41, 5.74) is 1.82. The number of pyridine rings is 1. The number of hydrogen-bond donors (Lipinski definition) is 2. The molecule has 1 saturated carbocycles. The minimum absolute atomic E-state index is 0.164. The molecule has 126 valence electrons. The Labute approximate surface area is 148 Å². The Kier molecular flexibility index (Phi) is 5.30. The van der Waals surface area contributed by atoms with Crippen LogP contribution in [0.25, 0.3) is 0 Å². The maximum atomic E-state index is 5.56. The van der Waals surface area contributed by atoms with Gasteiger partial charge < -0.3 is 15.4 Å². The second-order valence-corrected chi connectivity index (χ2v) is 6.45. The molecule has 0 radical (unpaired) electrons. The minimum Gasteiger partial charge on any atom is -0.494 e. The highest BCUT2D eigenvalue weighted by molar-refractivity contribution is 7.80. The van der Waals surface area contributed by atoms with Gasteiger partial charge in [0, 0.05) is 18.0 Å². The van der Waals surface area contributed by atoms with Gasteiger partial charge in [-0.05, 0) is 56.2 Å². The van der Waals surface area contributed by atoms with Gasteiger partial charge in [0.25, 0.3) is 0 Å². The number of hydrogen-bond acceptors (Lipinski definition) is 3. The highest BCUT2D eigenvalue weighted by Crippen LogP contribution is 2.37.